The fourth-order valence-corrected chi connectivity index (χ4v) is 24.5. The number of aromatic nitrogens is 2. The number of fused-ring (bicyclic) bond motifs is 4. The van der Waals surface area contributed by atoms with Crippen LogP contribution in [-0.4, -0.2) is 250 Å². The van der Waals surface area contributed by atoms with E-state index in [9.17, 15) is 49.2 Å². The molecule has 25 nitrogen and oxygen atoms in total. The zero-order valence-corrected chi connectivity index (χ0v) is 89.2. The van der Waals surface area contributed by atoms with Gasteiger partial charge in [0.1, 0.15) is 67.0 Å². The lowest BCUT2D eigenvalue weighted by atomic mass is 9.76. The highest BCUT2D eigenvalue weighted by Crippen LogP contribution is 2.51. The maximum absolute atomic E-state index is 14.4. The molecule has 3 amide bonds. The van der Waals surface area contributed by atoms with Crippen molar-refractivity contribution in [2.75, 3.05) is 131 Å². The first-order valence-corrected chi connectivity index (χ1v) is 54.4. The van der Waals surface area contributed by atoms with Crippen LogP contribution in [0, 0.1) is 48.3 Å². The number of aliphatic hydroxyl groups is 2. The van der Waals surface area contributed by atoms with E-state index in [0.717, 1.165) is 182 Å². The van der Waals surface area contributed by atoms with Crippen LogP contribution in [0.2, 0.25) is 0 Å². The lowest BCUT2D eigenvalue weighted by molar-refractivity contribution is -0.147. The summed E-state index contributed by atoms with van der Waals surface area (Å²) in [6.45, 7) is 30.6. The van der Waals surface area contributed by atoms with E-state index in [1.165, 1.54) is 0 Å². The van der Waals surface area contributed by atoms with Crippen LogP contribution in [-0.2, 0) is 38.2 Å². The van der Waals surface area contributed by atoms with Crippen molar-refractivity contribution in [1.29, 1.82) is 0 Å². The highest BCUT2D eigenvalue weighted by atomic mass is 79.9. The number of piperazine rings is 2. The number of ether oxygens (including phenoxy) is 6. The van der Waals surface area contributed by atoms with E-state index in [0.29, 0.717) is 82.5 Å². The predicted molar refractivity (Wildman–Crippen MR) is 573 cm³/mol. The van der Waals surface area contributed by atoms with Gasteiger partial charge in [-0.1, -0.05) is 160 Å². The van der Waals surface area contributed by atoms with Crippen molar-refractivity contribution in [3.8, 4) is 87.8 Å². The van der Waals surface area contributed by atoms with Gasteiger partial charge in [-0.25, -0.2) is 9.97 Å². The van der Waals surface area contributed by atoms with Crippen molar-refractivity contribution in [2.45, 2.75) is 144 Å². The second-order valence-corrected chi connectivity index (χ2v) is 46.3. The number of amides is 3. The number of Topliss-reactive ketones (excluding diaryl/α,β-unsaturated/α-hetero) is 3. The van der Waals surface area contributed by atoms with Crippen LogP contribution in [0.15, 0.2) is 202 Å². The molecule has 0 radical (unpaired) electrons. The lowest BCUT2D eigenvalue weighted by Crippen LogP contribution is -2.51. The topological polar surface area (TPSA) is 296 Å². The summed E-state index contributed by atoms with van der Waals surface area (Å²) in [5, 5.41) is 45.9. The molecule has 5 saturated heterocycles. The molecule has 2 bridgehead atoms. The SMILES string of the molecule is Cc1ncsc1-c1ccc([C@H](CO)CC(=O)[C@@H]2C[C@@H](C)CN2C(=O)[C@@H](CC(=O)COCCN2C[C@@H]3C[C@H]2CN3CCOc2ccc(Oc3c(-c4ccc(Br)cc4)sc4cc(O)ccc34)cc2)C(C)(C)C)cc1.Cc1ncsc1-c1ccc([C@H](CO)NC(=O)[C@@H]2C[C@@H](C)CN2C(=O)[C@@H](CC(=O)COCCN2CCN(CCOc3ccc(Oc4c(-c5ccc(Br)cc5)sc5cc(O)ccc45)cc3)CC2)C(C)(C)C)cc1. The average molecular weight is 2150 g/mol. The molecule has 0 unspecified atom stereocenters. The molecule has 12 aromatic rings. The number of hydrogen-bond acceptors (Lipinski definition) is 26. The summed E-state index contributed by atoms with van der Waals surface area (Å²) in [6.07, 6.45) is 2.37. The molecule has 10 atom stereocenters. The molecule has 5 aliphatic heterocycles. The number of likely N-dealkylation sites (tertiary alicyclic amines) is 4. The summed E-state index contributed by atoms with van der Waals surface area (Å²) in [4.78, 5) is 109. The Balaban J connectivity index is 0.000000205. The van der Waals surface area contributed by atoms with E-state index in [-0.39, 0.29) is 110 Å². The monoisotopic (exact) mass is 2140 g/mol. The van der Waals surface area contributed by atoms with Crippen molar-refractivity contribution < 1.29 is 77.6 Å². The number of rotatable bonds is 41. The van der Waals surface area contributed by atoms with Gasteiger partial charge in [-0.2, -0.15) is 0 Å². The van der Waals surface area contributed by atoms with Gasteiger partial charge >= 0.3 is 0 Å². The number of thiophene rings is 2. The van der Waals surface area contributed by atoms with Gasteiger partial charge in [-0.3, -0.25) is 48.4 Å². The van der Waals surface area contributed by atoms with Gasteiger partial charge in [0.2, 0.25) is 17.7 Å². The van der Waals surface area contributed by atoms with Crippen LogP contribution < -0.4 is 24.3 Å². The Hall–Kier alpha value is -10.2. The van der Waals surface area contributed by atoms with E-state index in [1.807, 2.05) is 219 Å². The van der Waals surface area contributed by atoms with Crippen molar-refractivity contribution in [2.24, 2.45) is 34.5 Å². The van der Waals surface area contributed by atoms with Crippen molar-refractivity contribution >= 4 is 132 Å². The number of carbonyl (C=O) groups excluding carboxylic acids is 6. The predicted octanol–water partition coefficient (Wildman–Crippen LogP) is 21.0. The summed E-state index contributed by atoms with van der Waals surface area (Å²) in [6, 6.07) is 57.0. The number of halogens is 2. The van der Waals surface area contributed by atoms with Crippen molar-refractivity contribution in [3.63, 3.8) is 0 Å². The summed E-state index contributed by atoms with van der Waals surface area (Å²) >= 11 is 13.4. The molecule has 756 valence electrons. The van der Waals surface area contributed by atoms with Gasteiger partial charge in [-0.15, -0.1) is 45.3 Å². The van der Waals surface area contributed by atoms with Crippen molar-refractivity contribution in [3.05, 3.63) is 224 Å². The zero-order chi connectivity index (χ0) is 101. The molecule has 0 saturated carbocycles. The summed E-state index contributed by atoms with van der Waals surface area (Å²) in [7, 11) is 0. The third-order valence-electron chi connectivity index (χ3n) is 28.1. The number of phenols is 2. The minimum atomic E-state index is -0.704. The molecule has 5 fully saturated rings. The molecule has 143 heavy (non-hydrogen) atoms. The molecule has 9 heterocycles. The number of aryl methyl sites for hydroxylation is 2. The fraction of sp³-hybridized carbons (Fsp3) is 0.429. The number of nitrogens with one attached hydrogen (secondary N) is 1. The quantitative estimate of drug-likeness (QED) is 0.0222. The number of phenolic OH excluding ortho intramolecular Hbond substituents is 2. The molecular formula is C112H129Br2N9O16S4. The van der Waals surface area contributed by atoms with Gasteiger partial charge in [0.05, 0.1) is 80.4 Å². The van der Waals surface area contributed by atoms with Crippen LogP contribution in [0.1, 0.15) is 128 Å². The normalized spacial score (nSPS) is 18.8. The van der Waals surface area contributed by atoms with Crippen LogP contribution in [0.5, 0.6) is 46.0 Å². The Morgan fingerprint density at radius 3 is 1.29 bits per heavy atom. The van der Waals surface area contributed by atoms with Gasteiger partial charge in [0, 0.05) is 157 Å². The second-order valence-electron chi connectivity index (χ2n) is 40.6. The molecule has 8 aromatic carbocycles. The number of thiazole rings is 2. The van der Waals surface area contributed by atoms with Crippen molar-refractivity contribution in [1.82, 2.24) is 44.7 Å². The van der Waals surface area contributed by atoms with Gasteiger partial charge in [0.25, 0.3) is 0 Å². The third kappa shape index (κ3) is 26.8. The lowest BCUT2D eigenvalue weighted by Gasteiger charge is -2.35. The van der Waals surface area contributed by atoms with Crippen LogP contribution >= 0.6 is 77.2 Å². The summed E-state index contributed by atoms with van der Waals surface area (Å²) in [5.41, 5.74) is 10.3. The number of aliphatic hydroxyl groups excluding tert-OH is 2. The average Bonchev–Trinajstić information content (AvgIpc) is 1.60. The minimum Gasteiger partial charge on any atom is -0.508 e. The zero-order valence-electron chi connectivity index (χ0n) is 82.8. The molecular weight excluding hydrogens is 2020 g/mol. The maximum Gasteiger partial charge on any atom is 0.243 e. The number of benzene rings is 8. The van der Waals surface area contributed by atoms with E-state index in [4.69, 9.17) is 28.4 Å². The standard InChI is InChI=1S/C57H65BrN4O8S2.C55H64BrN5O8S2/c1-35-24-50(51(66)25-40(32-63)37-6-8-38(9-7-37)54-36(2)59-34-71-54)62(29-35)56(67)49(57(3,4)5)27-45(65)33-68-22-20-60-30-43-26-42(60)31-61(43)21-23-69-46-15-17-47(18-16-46)70-53-48-19-14-44(64)28-52(48)72-55(53)39-10-12-41(58)13-11-39;1-35-28-48(53(65)58-47(32-62)37-6-8-38(9-7-37)51-36(2)57-34-70-51)61(31-35)54(66)46(55(3,4)5)29-42(64)33-67-26-24-59-20-22-60(23-21-59)25-27-68-43-15-17-44(18-16-43)69-50-45-19-14-41(63)30-49(45)71-52(50)39-10-12-40(56)13-11-39/h6-19,28,34-35,40,42-43,49-50,63-64H,20-27,29-33H2,1-5H3;6-19,30,34-35,46-48,62-63H,20-29,31-33H2,1-5H3,(H,58,65)/t35-,40+,42+,43+,49-,50+;35-,46-,47+,48+/m11/s1. The molecule has 0 spiro atoms. The molecule has 5 aliphatic rings. The van der Waals surface area contributed by atoms with Gasteiger partial charge < -0.3 is 64.0 Å². The third-order valence-corrected chi connectivity index (χ3v) is 33.5. The van der Waals surface area contributed by atoms with Gasteiger partial charge in [0.15, 0.2) is 28.8 Å². The van der Waals surface area contributed by atoms with E-state index >= 15 is 0 Å². The number of hydrogen-bond donors (Lipinski definition) is 5. The first-order valence-electron chi connectivity index (χ1n) is 49.4. The maximum atomic E-state index is 14.4. The smallest absolute Gasteiger partial charge is 0.243 e. The van der Waals surface area contributed by atoms with Crippen LogP contribution in [0.4, 0.5) is 0 Å². The molecule has 0 aliphatic carbocycles. The summed E-state index contributed by atoms with van der Waals surface area (Å²) in [5.74, 6) is 2.51. The Morgan fingerprint density at radius 2 is 0.860 bits per heavy atom. The minimum absolute atomic E-state index is 0.0263. The van der Waals surface area contributed by atoms with Gasteiger partial charge in [-0.05, 0) is 198 Å². The second kappa shape index (κ2) is 48.0. The number of nitrogens with zero attached hydrogens (tertiary/aromatic N) is 8. The molecule has 5 N–H and O–H groups in total. The molecule has 31 heteroatoms. The van der Waals surface area contributed by atoms with E-state index in [2.05, 4.69) is 85.8 Å². The Bertz CT molecular complexity index is 6360. The first kappa shape index (κ1) is 106. The molecule has 4 aromatic heterocycles. The first-order chi connectivity index (χ1) is 68.7. The number of aromatic hydroxyl groups is 2. The van der Waals surface area contributed by atoms with Crippen LogP contribution in [0.25, 0.3) is 61.9 Å². The Kier molecular flexibility index (Phi) is 35.4. The van der Waals surface area contributed by atoms with E-state index < -0.39 is 40.8 Å². The fourth-order valence-electron chi connectivity index (χ4n) is 20.0. The Labute approximate surface area is 870 Å². The largest absolute Gasteiger partial charge is 0.508 e. The highest BCUT2D eigenvalue weighted by Gasteiger charge is 2.48. The van der Waals surface area contributed by atoms with E-state index in [1.54, 1.807) is 79.4 Å². The number of carbonyl (C=O) groups is 6. The number of ketones is 3. The van der Waals surface area contributed by atoms with Crippen LogP contribution in [0.3, 0.4) is 0 Å². The Morgan fingerprint density at radius 1 is 0.462 bits per heavy atom. The molecule has 17 rings (SSSR count). The summed E-state index contributed by atoms with van der Waals surface area (Å²) < 4.78 is 41.1. The highest BCUT2D eigenvalue weighted by molar-refractivity contribution is 9.10.